The van der Waals surface area contributed by atoms with E-state index >= 15 is 0 Å². The lowest BCUT2D eigenvalue weighted by atomic mass is 10.2. The van der Waals surface area contributed by atoms with Crippen molar-refractivity contribution in [3.63, 3.8) is 0 Å². The summed E-state index contributed by atoms with van der Waals surface area (Å²) in [4.78, 5) is 16.5. The third kappa shape index (κ3) is 5.77. The molecule has 0 radical (unpaired) electrons. The average Bonchev–Trinajstić information content (AvgIpc) is 2.61. The van der Waals surface area contributed by atoms with Gasteiger partial charge < -0.3 is 15.1 Å². The van der Waals surface area contributed by atoms with Gasteiger partial charge in [-0.2, -0.15) is 4.31 Å². The molecule has 0 atom stereocenters. The first-order valence-electron chi connectivity index (χ1n) is 9.01. The number of hydrogen-bond acceptors (Lipinski definition) is 5. The van der Waals surface area contributed by atoms with Crippen molar-refractivity contribution < 1.29 is 13.2 Å². The largest absolute Gasteiger partial charge is 0.340 e. The second-order valence-corrected chi connectivity index (χ2v) is 8.84. The van der Waals surface area contributed by atoms with Crippen LogP contribution in [0.3, 0.4) is 0 Å². The van der Waals surface area contributed by atoms with Crippen molar-refractivity contribution in [3.05, 3.63) is 29.8 Å². The monoisotopic (exact) mass is 382 g/mol. The van der Waals surface area contributed by atoms with Crippen LogP contribution in [0.2, 0.25) is 0 Å². The van der Waals surface area contributed by atoms with Crippen molar-refractivity contribution in [1.29, 1.82) is 0 Å². The Hall–Kier alpha value is -1.48. The van der Waals surface area contributed by atoms with Crippen molar-refractivity contribution in [3.8, 4) is 0 Å². The van der Waals surface area contributed by atoms with Crippen LogP contribution in [0.5, 0.6) is 0 Å². The second kappa shape index (κ2) is 9.45. The number of likely N-dealkylation sites (N-methyl/N-ethyl adjacent to an activating group) is 1. The van der Waals surface area contributed by atoms with E-state index in [0.717, 1.165) is 18.7 Å². The van der Waals surface area contributed by atoms with Crippen LogP contribution in [0.1, 0.15) is 12.0 Å². The zero-order valence-electron chi connectivity index (χ0n) is 15.9. The molecule has 1 fully saturated rings. The smallest absolute Gasteiger partial charge is 0.243 e. The lowest BCUT2D eigenvalue weighted by molar-refractivity contribution is -0.131. The molecule has 0 aliphatic carbocycles. The quantitative estimate of drug-likeness (QED) is 0.703. The van der Waals surface area contributed by atoms with Gasteiger partial charge in [-0.3, -0.25) is 4.79 Å². The fourth-order valence-electron chi connectivity index (χ4n) is 2.88. The van der Waals surface area contributed by atoms with Crippen LogP contribution in [-0.2, 0) is 14.8 Å². The van der Waals surface area contributed by atoms with E-state index in [2.05, 4.69) is 5.32 Å². The molecule has 1 saturated heterocycles. The Balaban J connectivity index is 2.10. The van der Waals surface area contributed by atoms with Gasteiger partial charge in [-0.15, -0.1) is 0 Å². The summed E-state index contributed by atoms with van der Waals surface area (Å²) in [5.41, 5.74) is 0.899. The maximum atomic E-state index is 13.1. The maximum Gasteiger partial charge on any atom is 0.243 e. The number of benzene rings is 1. The molecule has 0 saturated carbocycles. The number of sulfonamides is 1. The van der Waals surface area contributed by atoms with Crippen molar-refractivity contribution in [2.75, 3.05) is 59.9 Å². The van der Waals surface area contributed by atoms with E-state index in [1.165, 1.54) is 4.31 Å². The van der Waals surface area contributed by atoms with E-state index in [1.54, 1.807) is 23.1 Å². The number of carbonyl (C=O) groups excluding carboxylic acids is 1. The Kier molecular flexibility index (Phi) is 7.57. The van der Waals surface area contributed by atoms with Gasteiger partial charge in [0.2, 0.25) is 15.9 Å². The first-order valence-corrected chi connectivity index (χ1v) is 10.4. The van der Waals surface area contributed by atoms with Crippen LogP contribution in [0.4, 0.5) is 0 Å². The lowest BCUT2D eigenvalue weighted by Crippen LogP contribution is -2.47. The van der Waals surface area contributed by atoms with E-state index < -0.39 is 10.0 Å². The molecule has 1 aromatic rings. The molecule has 1 N–H and O–H groups in total. The molecule has 2 rings (SSSR count). The minimum Gasteiger partial charge on any atom is -0.340 e. The number of hydrogen-bond donors (Lipinski definition) is 1. The highest BCUT2D eigenvalue weighted by molar-refractivity contribution is 7.89. The molecule has 1 aromatic carbocycles. The van der Waals surface area contributed by atoms with E-state index in [1.807, 2.05) is 32.0 Å². The van der Waals surface area contributed by atoms with E-state index in [0.29, 0.717) is 26.2 Å². The average molecular weight is 383 g/mol. The van der Waals surface area contributed by atoms with Gasteiger partial charge in [-0.25, -0.2) is 8.42 Å². The Morgan fingerprint density at radius 2 is 1.85 bits per heavy atom. The standard InChI is InChI=1S/C18H30N4O3S/c1-16-5-4-6-17(15-16)26(24,25)22(14-13-20(2)3)10-7-18(23)21-11-8-19-9-12-21/h4-6,15,19H,7-14H2,1-3H3. The van der Waals surface area contributed by atoms with Gasteiger partial charge in [0.15, 0.2) is 0 Å². The molecular formula is C18H30N4O3S. The molecule has 8 heteroatoms. The summed E-state index contributed by atoms with van der Waals surface area (Å²) < 4.78 is 27.5. The summed E-state index contributed by atoms with van der Waals surface area (Å²) in [6, 6.07) is 6.91. The normalized spacial score (nSPS) is 15.7. The molecule has 0 spiro atoms. The van der Waals surface area contributed by atoms with Crippen LogP contribution < -0.4 is 5.32 Å². The second-order valence-electron chi connectivity index (χ2n) is 6.90. The zero-order chi connectivity index (χ0) is 19.2. The van der Waals surface area contributed by atoms with Gasteiger partial charge in [0, 0.05) is 52.2 Å². The van der Waals surface area contributed by atoms with Gasteiger partial charge >= 0.3 is 0 Å². The number of rotatable bonds is 8. The third-order valence-corrected chi connectivity index (χ3v) is 6.36. The van der Waals surface area contributed by atoms with Gasteiger partial charge in [0.1, 0.15) is 0 Å². The predicted molar refractivity (Wildman–Crippen MR) is 103 cm³/mol. The van der Waals surface area contributed by atoms with Crippen molar-refractivity contribution in [2.24, 2.45) is 0 Å². The third-order valence-electron chi connectivity index (χ3n) is 4.47. The Morgan fingerprint density at radius 3 is 2.46 bits per heavy atom. The van der Waals surface area contributed by atoms with Gasteiger partial charge in [0.05, 0.1) is 4.90 Å². The van der Waals surface area contributed by atoms with Gasteiger partial charge in [-0.1, -0.05) is 12.1 Å². The SMILES string of the molecule is Cc1cccc(S(=O)(=O)N(CCC(=O)N2CCNCC2)CCN(C)C)c1. The van der Waals surface area contributed by atoms with E-state index in [-0.39, 0.29) is 23.8 Å². The number of nitrogens with zero attached hydrogens (tertiary/aromatic N) is 3. The molecule has 146 valence electrons. The van der Waals surface area contributed by atoms with Crippen molar-refractivity contribution in [1.82, 2.24) is 19.4 Å². The number of nitrogens with one attached hydrogen (secondary N) is 1. The summed E-state index contributed by atoms with van der Waals surface area (Å²) in [6.07, 6.45) is 0.207. The number of piperazine rings is 1. The summed E-state index contributed by atoms with van der Waals surface area (Å²) >= 11 is 0. The van der Waals surface area contributed by atoms with E-state index in [9.17, 15) is 13.2 Å². The van der Waals surface area contributed by atoms with Crippen LogP contribution in [0, 0.1) is 6.92 Å². The highest BCUT2D eigenvalue weighted by Gasteiger charge is 2.26. The fraction of sp³-hybridized carbons (Fsp3) is 0.611. The minimum absolute atomic E-state index is 0.0146. The summed E-state index contributed by atoms with van der Waals surface area (Å²) in [6.45, 7) is 5.98. The lowest BCUT2D eigenvalue weighted by Gasteiger charge is -2.29. The summed E-state index contributed by atoms with van der Waals surface area (Å²) in [5, 5.41) is 3.21. The fourth-order valence-corrected chi connectivity index (χ4v) is 4.42. The Labute approximate surface area is 157 Å². The number of aryl methyl sites for hydroxylation is 1. The van der Waals surface area contributed by atoms with Crippen LogP contribution in [0.15, 0.2) is 29.2 Å². The highest BCUT2D eigenvalue weighted by Crippen LogP contribution is 2.17. The molecule has 26 heavy (non-hydrogen) atoms. The molecule has 0 aromatic heterocycles. The zero-order valence-corrected chi connectivity index (χ0v) is 16.8. The van der Waals surface area contributed by atoms with E-state index in [4.69, 9.17) is 0 Å². The van der Waals surface area contributed by atoms with Crippen molar-refractivity contribution >= 4 is 15.9 Å². The predicted octanol–water partition coefficient (Wildman–Crippen LogP) is 0.369. The molecular weight excluding hydrogens is 352 g/mol. The molecule has 0 bridgehead atoms. The maximum absolute atomic E-state index is 13.1. The Bertz CT molecular complexity index is 700. The first kappa shape index (κ1) is 20.8. The number of amides is 1. The number of carbonyl (C=O) groups is 1. The van der Waals surface area contributed by atoms with Crippen LogP contribution in [-0.4, -0.2) is 88.3 Å². The Morgan fingerprint density at radius 1 is 1.15 bits per heavy atom. The topological polar surface area (TPSA) is 73.0 Å². The van der Waals surface area contributed by atoms with Crippen LogP contribution >= 0.6 is 0 Å². The molecule has 1 amide bonds. The summed E-state index contributed by atoms with van der Waals surface area (Å²) in [7, 11) is 0.190. The van der Waals surface area contributed by atoms with Gasteiger partial charge in [-0.05, 0) is 38.7 Å². The summed E-state index contributed by atoms with van der Waals surface area (Å²) in [5.74, 6) is 0.0146. The van der Waals surface area contributed by atoms with Gasteiger partial charge in [0.25, 0.3) is 0 Å². The first-order chi connectivity index (χ1) is 12.3. The molecule has 7 nitrogen and oxygen atoms in total. The molecule has 1 aliphatic heterocycles. The van der Waals surface area contributed by atoms with Crippen LogP contribution in [0.25, 0.3) is 0 Å². The van der Waals surface area contributed by atoms with Crippen molar-refractivity contribution in [2.45, 2.75) is 18.2 Å². The molecule has 0 unspecified atom stereocenters. The molecule has 1 aliphatic rings. The highest BCUT2D eigenvalue weighted by atomic mass is 32.2. The molecule has 1 heterocycles. The minimum atomic E-state index is -3.62.